The maximum Gasteiger partial charge on any atom is 1.00 e. The molecule has 0 aromatic rings. The molecule has 0 saturated carbocycles. The second kappa shape index (κ2) is 15.7. The van der Waals surface area contributed by atoms with E-state index in [0.29, 0.717) is 0 Å². The molecule has 8 heavy (non-hydrogen) atoms. The summed E-state index contributed by atoms with van der Waals surface area (Å²) in [6, 6.07) is 0. The van der Waals surface area contributed by atoms with Crippen molar-refractivity contribution in [1.29, 1.82) is 0 Å². The van der Waals surface area contributed by atoms with E-state index in [1.54, 1.807) is 6.92 Å². The molecule has 0 heterocycles. The van der Waals surface area contributed by atoms with Gasteiger partial charge < -0.3 is 12.0 Å². The molecule has 1 N–H and O–H groups in total. The zero-order valence-corrected chi connectivity index (χ0v) is 7.35. The zero-order chi connectivity index (χ0) is 6.28. The number of carboxylic acid groups (broad SMARTS) is 1. The minimum absolute atomic E-state index is 0. The molecule has 0 saturated heterocycles. The molecule has 0 aromatic carbocycles. The summed E-state index contributed by atoms with van der Waals surface area (Å²) in [7, 11) is 0. The summed E-state index contributed by atoms with van der Waals surface area (Å²) in [5, 5.41) is 7.60. The second-order valence-corrected chi connectivity index (χ2v) is 0.542. The Balaban J connectivity index is -0.0000000750. The normalized spacial score (nSPS) is 4.75. The van der Waals surface area contributed by atoms with Crippen LogP contribution < -0.4 is 29.6 Å². The van der Waals surface area contributed by atoms with Crippen LogP contribution in [0.2, 0.25) is 0 Å². The number of rotatable bonds is 1. The molecule has 0 aliphatic rings. The molecule has 42 valence electrons. The molecule has 0 rings (SSSR count). The van der Waals surface area contributed by atoms with Crippen molar-refractivity contribution in [3.8, 4) is 0 Å². The van der Waals surface area contributed by atoms with Gasteiger partial charge in [-0.2, -0.15) is 6.92 Å². The fourth-order valence-electron chi connectivity index (χ4n) is 0. The van der Waals surface area contributed by atoms with Crippen LogP contribution in [-0.2, 0) is 4.79 Å². The third kappa shape index (κ3) is 34.5. The summed E-state index contributed by atoms with van der Waals surface area (Å²) in [6.45, 7) is 7.96. The van der Waals surface area contributed by atoms with E-state index in [-0.39, 0.29) is 29.6 Å². The Hall–Kier alpha value is 0.210. The maximum absolute atomic E-state index is 9.25. The van der Waals surface area contributed by atoms with Gasteiger partial charge in [-0.15, -0.1) is 0 Å². The Bertz CT molecular complexity index is 61.4. The van der Waals surface area contributed by atoms with Crippen LogP contribution in [0.5, 0.6) is 0 Å². The minimum atomic E-state index is -0.981. The third-order valence-corrected chi connectivity index (χ3v) is 0.175. The van der Waals surface area contributed by atoms with E-state index in [1.807, 2.05) is 0 Å². The van der Waals surface area contributed by atoms with Crippen molar-refractivity contribution < 1.29 is 39.5 Å². The van der Waals surface area contributed by atoms with Crippen molar-refractivity contribution in [3.05, 3.63) is 19.6 Å². The first kappa shape index (κ1) is 15.7. The summed E-state index contributed by atoms with van der Waals surface area (Å²) in [5.74, 6) is -0.981. The zero-order valence-electron chi connectivity index (χ0n) is 5.35. The van der Waals surface area contributed by atoms with Gasteiger partial charge in [-0.05, 0) is 0 Å². The molecule has 0 fully saturated rings. The predicted octanol–water partition coefficient (Wildman–Crippen LogP) is -1.90. The summed E-state index contributed by atoms with van der Waals surface area (Å²) in [6.07, 6.45) is 0.833. The van der Waals surface area contributed by atoms with Crippen LogP contribution in [0.1, 0.15) is 6.92 Å². The number of aliphatic carboxylic acids is 1. The molecule has 0 atom stereocenters. The number of hydrogen-bond donors (Lipinski definition) is 1. The summed E-state index contributed by atoms with van der Waals surface area (Å²) in [5.41, 5.74) is 0. The van der Waals surface area contributed by atoms with Gasteiger partial charge in [-0.1, -0.05) is 6.58 Å². The largest absolute Gasteiger partial charge is 1.00 e. The van der Waals surface area contributed by atoms with Gasteiger partial charge in [0.25, 0.3) is 0 Å². The first-order valence-electron chi connectivity index (χ1n) is 1.83. The first-order chi connectivity index (χ1) is 3.27. The van der Waals surface area contributed by atoms with Crippen molar-refractivity contribution in [3.63, 3.8) is 0 Å². The van der Waals surface area contributed by atoms with Gasteiger partial charge in [0.15, 0.2) is 0 Å². The fourth-order valence-corrected chi connectivity index (χ4v) is 0. The topological polar surface area (TPSA) is 37.3 Å². The predicted molar refractivity (Wildman–Crippen MR) is 28.9 cm³/mol. The fraction of sp³-hybridized carbons (Fsp3) is 0.200. The smallest absolute Gasteiger partial charge is 0.478 e. The van der Waals surface area contributed by atoms with Crippen LogP contribution >= 0.6 is 0 Å². The summed E-state index contributed by atoms with van der Waals surface area (Å²) >= 11 is 0. The van der Waals surface area contributed by atoms with Crippen LogP contribution in [0.4, 0.5) is 0 Å². The molecular weight excluding hydrogens is 115 g/mol. The van der Waals surface area contributed by atoms with Crippen LogP contribution in [-0.4, -0.2) is 11.1 Å². The Kier molecular flexibility index (Phi) is 30.8. The number of hydrogen-bond acceptors (Lipinski definition) is 1. The van der Waals surface area contributed by atoms with Gasteiger partial charge in [-0.3, -0.25) is 0 Å². The third-order valence-electron chi connectivity index (χ3n) is 0.175. The Labute approximate surface area is 71.9 Å². The van der Waals surface area contributed by atoms with Gasteiger partial charge in [0.2, 0.25) is 0 Å². The Morgan fingerprint density at radius 2 is 1.88 bits per heavy atom. The molecule has 0 unspecified atom stereocenters. The van der Waals surface area contributed by atoms with E-state index in [9.17, 15) is 4.79 Å². The van der Waals surface area contributed by atoms with Crippen molar-refractivity contribution in [2.45, 2.75) is 6.92 Å². The van der Waals surface area contributed by atoms with E-state index in [0.717, 1.165) is 6.08 Å². The van der Waals surface area contributed by atoms with Gasteiger partial charge in [0.05, 0.1) is 0 Å². The van der Waals surface area contributed by atoms with Gasteiger partial charge >= 0.3 is 35.5 Å². The average Bonchev–Trinajstić information content (AvgIpc) is 1.73. The molecule has 0 aliphatic carbocycles. The van der Waals surface area contributed by atoms with E-state index >= 15 is 0 Å². The monoisotopic (exact) mass is 124 g/mol. The summed E-state index contributed by atoms with van der Waals surface area (Å²) in [4.78, 5) is 9.25. The van der Waals surface area contributed by atoms with Crippen LogP contribution in [0.3, 0.4) is 0 Å². The molecule has 0 radical (unpaired) electrons. The summed E-state index contributed by atoms with van der Waals surface area (Å²) < 4.78 is 0. The van der Waals surface area contributed by atoms with E-state index < -0.39 is 5.97 Å². The molecule has 2 nitrogen and oxygen atoms in total. The Morgan fingerprint density at radius 1 is 1.75 bits per heavy atom. The minimum Gasteiger partial charge on any atom is -0.478 e. The van der Waals surface area contributed by atoms with E-state index in [2.05, 4.69) is 13.5 Å². The van der Waals surface area contributed by atoms with Crippen LogP contribution in [0.25, 0.3) is 0 Å². The first-order valence-corrected chi connectivity index (χ1v) is 1.83. The molecule has 0 bridgehead atoms. The molecule has 0 aliphatic heterocycles. The van der Waals surface area contributed by atoms with Gasteiger partial charge in [-0.25, -0.2) is 4.79 Å². The van der Waals surface area contributed by atoms with Crippen molar-refractivity contribution in [1.82, 2.24) is 0 Å². The van der Waals surface area contributed by atoms with Gasteiger partial charge in [0, 0.05) is 6.08 Å². The second-order valence-electron chi connectivity index (χ2n) is 0.542. The van der Waals surface area contributed by atoms with Gasteiger partial charge in [0.1, 0.15) is 0 Å². The standard InChI is InChI=1S/C3H4O2.C2H5.Na/c1-2-3(4)5;1-2;/h2H,1H2,(H,4,5);1H2,2H3;/q;-1;+1. The van der Waals surface area contributed by atoms with E-state index in [1.165, 1.54) is 0 Å². The van der Waals surface area contributed by atoms with Crippen molar-refractivity contribution in [2.24, 2.45) is 0 Å². The SMILES string of the molecule is C=CC(=O)O.[CH2-]C.[Na+]. The quantitative estimate of drug-likeness (QED) is 0.252. The molecular formula is C5H9NaO2. The average molecular weight is 124 g/mol. The molecule has 3 heteroatoms. The Morgan fingerprint density at radius 3 is 1.88 bits per heavy atom. The van der Waals surface area contributed by atoms with Crippen LogP contribution in [0.15, 0.2) is 12.7 Å². The number of carbonyl (C=O) groups is 1. The number of carboxylic acids is 1. The van der Waals surface area contributed by atoms with E-state index in [4.69, 9.17) is 5.11 Å². The maximum atomic E-state index is 9.25. The molecule has 0 spiro atoms. The molecule has 0 aromatic heterocycles. The van der Waals surface area contributed by atoms with Crippen molar-refractivity contribution in [2.75, 3.05) is 0 Å². The van der Waals surface area contributed by atoms with Crippen LogP contribution in [0, 0.1) is 6.92 Å². The molecule has 0 amide bonds. The van der Waals surface area contributed by atoms with Crippen molar-refractivity contribution >= 4 is 5.97 Å².